The quantitative estimate of drug-likeness (QED) is 0.796. The van der Waals surface area contributed by atoms with Crippen LogP contribution in [0, 0.1) is 0 Å². The number of hydrogen-bond donors (Lipinski definition) is 2. The first kappa shape index (κ1) is 15.3. The lowest BCUT2D eigenvalue weighted by atomic mass is 9.75. The summed E-state index contributed by atoms with van der Waals surface area (Å²) in [5.41, 5.74) is 6.02. The second-order valence-corrected chi connectivity index (χ2v) is 5.19. The fourth-order valence-corrected chi connectivity index (χ4v) is 2.34. The molecule has 4 nitrogen and oxygen atoms in total. The van der Waals surface area contributed by atoms with E-state index >= 15 is 0 Å². The number of aromatic hydroxyl groups is 1. The van der Waals surface area contributed by atoms with Crippen LogP contribution in [0.3, 0.4) is 0 Å². The molecule has 4 heteroatoms. The number of phenolic OH excluding ortho intramolecular Hbond substituents is 1. The third kappa shape index (κ3) is 3.88. The maximum atomic E-state index is 11.3. The van der Waals surface area contributed by atoms with Crippen molar-refractivity contribution in [1.82, 2.24) is 0 Å². The van der Waals surface area contributed by atoms with Gasteiger partial charge in [0.2, 0.25) is 5.91 Å². The van der Waals surface area contributed by atoms with Crippen molar-refractivity contribution < 1.29 is 14.6 Å². The Labute approximate surface area is 114 Å². The number of nitrogens with two attached hydrogens (primary N) is 1. The van der Waals surface area contributed by atoms with Crippen LogP contribution in [0.4, 0.5) is 0 Å². The van der Waals surface area contributed by atoms with Gasteiger partial charge in [0.1, 0.15) is 0 Å². The minimum absolute atomic E-state index is 0.100. The summed E-state index contributed by atoms with van der Waals surface area (Å²) in [4.78, 5) is 11.3. The van der Waals surface area contributed by atoms with Crippen molar-refractivity contribution in [3.05, 3.63) is 23.8 Å². The summed E-state index contributed by atoms with van der Waals surface area (Å²) in [6.45, 7) is 4.14. The molecular formula is C15H23NO3. The van der Waals surface area contributed by atoms with E-state index in [1.54, 1.807) is 12.1 Å². The minimum Gasteiger partial charge on any atom is -0.504 e. The fraction of sp³-hybridized carbons (Fsp3) is 0.533. The molecule has 0 radical (unpaired) electrons. The molecule has 0 aliphatic rings. The second-order valence-electron chi connectivity index (χ2n) is 5.19. The molecule has 0 spiro atoms. The summed E-state index contributed by atoms with van der Waals surface area (Å²) < 4.78 is 5.12. The van der Waals surface area contributed by atoms with Gasteiger partial charge in [-0.3, -0.25) is 4.79 Å². The van der Waals surface area contributed by atoms with Gasteiger partial charge in [-0.25, -0.2) is 0 Å². The molecule has 0 aliphatic heterocycles. The Morgan fingerprint density at radius 2 is 2.16 bits per heavy atom. The zero-order chi connectivity index (χ0) is 14.5. The highest BCUT2D eigenvalue weighted by atomic mass is 16.5. The number of carbonyl (C=O) groups excluding carboxylic acids is 1. The van der Waals surface area contributed by atoms with Gasteiger partial charge in [-0.15, -0.1) is 0 Å². The van der Waals surface area contributed by atoms with Crippen molar-refractivity contribution in [2.75, 3.05) is 7.11 Å². The smallest absolute Gasteiger partial charge is 0.218 e. The Bertz CT molecular complexity index is 445. The van der Waals surface area contributed by atoms with Crippen LogP contribution in [0.25, 0.3) is 0 Å². The van der Waals surface area contributed by atoms with Crippen molar-refractivity contribution in [2.45, 2.75) is 44.9 Å². The fourth-order valence-electron chi connectivity index (χ4n) is 2.34. The average Bonchev–Trinajstić information content (AvgIpc) is 2.36. The number of methoxy groups -OCH3 is 1. The molecule has 0 fully saturated rings. The lowest BCUT2D eigenvalue weighted by Gasteiger charge is -2.29. The molecular weight excluding hydrogens is 242 g/mol. The summed E-state index contributed by atoms with van der Waals surface area (Å²) in [6.07, 6.45) is 3.25. The molecule has 0 aromatic heterocycles. The van der Waals surface area contributed by atoms with Gasteiger partial charge in [0, 0.05) is 11.8 Å². The van der Waals surface area contributed by atoms with E-state index in [2.05, 4.69) is 6.92 Å². The van der Waals surface area contributed by atoms with E-state index in [-0.39, 0.29) is 17.1 Å². The third-order valence-electron chi connectivity index (χ3n) is 3.52. The molecule has 0 saturated heterocycles. The third-order valence-corrected chi connectivity index (χ3v) is 3.52. The zero-order valence-corrected chi connectivity index (χ0v) is 11.9. The molecule has 19 heavy (non-hydrogen) atoms. The van der Waals surface area contributed by atoms with E-state index in [4.69, 9.17) is 10.5 Å². The average molecular weight is 265 g/mol. The van der Waals surface area contributed by atoms with Crippen LogP contribution in [0.15, 0.2) is 18.2 Å². The molecule has 0 saturated carbocycles. The largest absolute Gasteiger partial charge is 0.504 e. The Morgan fingerprint density at radius 1 is 1.47 bits per heavy atom. The lowest BCUT2D eigenvalue weighted by molar-refractivity contribution is -0.119. The first-order chi connectivity index (χ1) is 8.92. The SMILES string of the molecule is CCCCC(C)(CC(N)=O)c1ccc(O)c(OC)c1. The normalized spacial score (nSPS) is 13.8. The van der Waals surface area contributed by atoms with Gasteiger partial charge in [-0.05, 0) is 24.1 Å². The summed E-state index contributed by atoms with van der Waals surface area (Å²) in [7, 11) is 1.51. The van der Waals surface area contributed by atoms with E-state index in [0.29, 0.717) is 12.2 Å². The monoisotopic (exact) mass is 265 g/mol. The number of unbranched alkanes of at least 4 members (excludes halogenated alkanes) is 1. The van der Waals surface area contributed by atoms with Crippen LogP contribution >= 0.6 is 0 Å². The standard InChI is InChI=1S/C15H23NO3/c1-4-5-8-15(2,10-14(16)18)11-6-7-12(17)13(9-11)19-3/h6-7,9,17H,4-5,8,10H2,1-3H3,(H2,16,18). The van der Waals surface area contributed by atoms with Gasteiger partial charge in [0.15, 0.2) is 11.5 Å². The van der Waals surface area contributed by atoms with E-state index in [9.17, 15) is 9.90 Å². The summed E-state index contributed by atoms with van der Waals surface area (Å²) >= 11 is 0. The van der Waals surface area contributed by atoms with Crippen molar-refractivity contribution in [1.29, 1.82) is 0 Å². The number of amides is 1. The van der Waals surface area contributed by atoms with Crippen LogP contribution in [0.5, 0.6) is 11.5 Å². The predicted molar refractivity (Wildman–Crippen MR) is 75.3 cm³/mol. The van der Waals surface area contributed by atoms with Crippen LogP contribution in [-0.4, -0.2) is 18.1 Å². The molecule has 1 atom stereocenters. The lowest BCUT2D eigenvalue weighted by Crippen LogP contribution is -2.29. The molecule has 0 bridgehead atoms. The molecule has 0 heterocycles. The molecule has 0 aliphatic carbocycles. The Kier molecular flexibility index (Phi) is 5.21. The Hall–Kier alpha value is -1.71. The minimum atomic E-state index is -0.317. The van der Waals surface area contributed by atoms with Crippen LogP contribution in [0.1, 0.15) is 45.1 Å². The van der Waals surface area contributed by atoms with Gasteiger partial charge < -0.3 is 15.6 Å². The number of benzene rings is 1. The molecule has 1 amide bonds. The van der Waals surface area contributed by atoms with Gasteiger partial charge in [-0.1, -0.05) is 32.8 Å². The number of ether oxygens (including phenoxy) is 1. The number of hydrogen-bond acceptors (Lipinski definition) is 3. The Balaban J connectivity index is 3.12. The summed E-state index contributed by atoms with van der Waals surface area (Å²) in [5, 5.41) is 9.64. The Morgan fingerprint density at radius 3 is 2.68 bits per heavy atom. The maximum absolute atomic E-state index is 11.3. The molecule has 1 unspecified atom stereocenters. The predicted octanol–water partition coefficient (Wildman–Crippen LogP) is 2.72. The number of carbonyl (C=O) groups is 1. The molecule has 3 N–H and O–H groups in total. The van der Waals surface area contributed by atoms with E-state index in [0.717, 1.165) is 24.8 Å². The van der Waals surface area contributed by atoms with E-state index in [1.165, 1.54) is 7.11 Å². The number of rotatable bonds is 7. The van der Waals surface area contributed by atoms with Gasteiger partial charge in [-0.2, -0.15) is 0 Å². The highest BCUT2D eigenvalue weighted by molar-refractivity contribution is 5.75. The van der Waals surface area contributed by atoms with Crippen molar-refractivity contribution >= 4 is 5.91 Å². The first-order valence-corrected chi connectivity index (χ1v) is 6.58. The van der Waals surface area contributed by atoms with Crippen molar-refractivity contribution in [3.63, 3.8) is 0 Å². The van der Waals surface area contributed by atoms with E-state index in [1.807, 2.05) is 13.0 Å². The highest BCUT2D eigenvalue weighted by Gasteiger charge is 2.29. The van der Waals surface area contributed by atoms with Crippen LogP contribution in [-0.2, 0) is 10.2 Å². The molecule has 1 aromatic carbocycles. The zero-order valence-electron chi connectivity index (χ0n) is 11.9. The van der Waals surface area contributed by atoms with Crippen molar-refractivity contribution in [3.8, 4) is 11.5 Å². The molecule has 1 rings (SSSR count). The van der Waals surface area contributed by atoms with Gasteiger partial charge in [0.05, 0.1) is 7.11 Å². The highest BCUT2D eigenvalue weighted by Crippen LogP contribution is 2.37. The first-order valence-electron chi connectivity index (χ1n) is 6.58. The number of phenols is 1. The molecule has 106 valence electrons. The van der Waals surface area contributed by atoms with Crippen LogP contribution in [0.2, 0.25) is 0 Å². The van der Waals surface area contributed by atoms with Gasteiger partial charge >= 0.3 is 0 Å². The topological polar surface area (TPSA) is 72.6 Å². The molecule has 1 aromatic rings. The number of primary amides is 1. The van der Waals surface area contributed by atoms with Crippen molar-refractivity contribution in [2.24, 2.45) is 5.73 Å². The van der Waals surface area contributed by atoms with E-state index < -0.39 is 0 Å². The maximum Gasteiger partial charge on any atom is 0.218 e. The summed E-state index contributed by atoms with van der Waals surface area (Å²) in [5.74, 6) is 0.207. The second kappa shape index (κ2) is 6.45. The van der Waals surface area contributed by atoms with Crippen LogP contribution < -0.4 is 10.5 Å². The van der Waals surface area contributed by atoms with Gasteiger partial charge in [0.25, 0.3) is 0 Å². The summed E-state index contributed by atoms with van der Waals surface area (Å²) in [6, 6.07) is 5.21.